The number of oxazole rings is 1. The van der Waals surface area contributed by atoms with Gasteiger partial charge in [-0.3, -0.25) is 9.69 Å². The van der Waals surface area contributed by atoms with Crippen LogP contribution in [0.15, 0.2) is 33.9 Å². The van der Waals surface area contributed by atoms with Gasteiger partial charge in [0.15, 0.2) is 5.58 Å². The molecular formula is C13H13N3O3S. The number of thioether (sulfide) groups is 1. The van der Waals surface area contributed by atoms with Crippen LogP contribution >= 0.6 is 11.8 Å². The number of rotatable bonds is 3. The zero-order valence-corrected chi connectivity index (χ0v) is 11.6. The maximum absolute atomic E-state index is 12.2. The number of fused-ring (bicyclic) bond motifs is 1. The average Bonchev–Trinajstić information content (AvgIpc) is 3.03. The van der Waals surface area contributed by atoms with Crippen molar-refractivity contribution in [3.05, 3.63) is 24.3 Å². The molecule has 1 N–H and O–H groups in total. The Bertz CT molecular complexity index is 637. The molecule has 6 nitrogen and oxygen atoms in total. The van der Waals surface area contributed by atoms with Crippen molar-refractivity contribution in [2.75, 3.05) is 13.1 Å². The number of amides is 3. The Morgan fingerprint density at radius 3 is 3.00 bits per heavy atom. The third-order valence-electron chi connectivity index (χ3n) is 3.02. The van der Waals surface area contributed by atoms with Crippen LogP contribution in [0.5, 0.6) is 0 Å². The lowest BCUT2D eigenvalue weighted by atomic mass is 10.3. The summed E-state index contributed by atoms with van der Waals surface area (Å²) in [4.78, 5) is 29.1. The van der Waals surface area contributed by atoms with Crippen molar-refractivity contribution in [1.29, 1.82) is 0 Å². The van der Waals surface area contributed by atoms with Crippen LogP contribution in [0.25, 0.3) is 11.1 Å². The maximum atomic E-state index is 12.2. The first-order chi connectivity index (χ1) is 9.65. The fourth-order valence-corrected chi connectivity index (χ4v) is 2.82. The number of hydrogen-bond donors (Lipinski definition) is 1. The number of benzene rings is 1. The first-order valence-electron chi connectivity index (χ1n) is 6.26. The summed E-state index contributed by atoms with van der Waals surface area (Å²) in [6.07, 6.45) is 0. The molecule has 1 fully saturated rings. The Morgan fingerprint density at radius 1 is 1.50 bits per heavy atom. The highest BCUT2D eigenvalue weighted by atomic mass is 32.2. The van der Waals surface area contributed by atoms with Crippen molar-refractivity contribution < 1.29 is 14.0 Å². The van der Waals surface area contributed by atoms with Gasteiger partial charge in [-0.25, -0.2) is 9.78 Å². The van der Waals surface area contributed by atoms with Crippen LogP contribution in [-0.2, 0) is 4.79 Å². The zero-order valence-electron chi connectivity index (χ0n) is 10.8. The molecule has 0 unspecified atom stereocenters. The van der Waals surface area contributed by atoms with Gasteiger partial charge in [0.2, 0.25) is 5.91 Å². The summed E-state index contributed by atoms with van der Waals surface area (Å²) < 4.78 is 5.56. The van der Waals surface area contributed by atoms with Gasteiger partial charge in [-0.2, -0.15) is 0 Å². The molecule has 1 aromatic heterocycles. The topological polar surface area (TPSA) is 75.4 Å². The molecule has 1 atom stereocenters. The SMILES string of the molecule is C[C@@H](Sc1nc2ccccc2o1)C(=O)N1CCNC1=O. The molecule has 7 heteroatoms. The van der Waals surface area contributed by atoms with E-state index in [1.54, 1.807) is 6.92 Å². The standard InChI is InChI=1S/C13H13N3O3S/c1-8(11(17)16-7-6-14-12(16)18)20-13-15-9-4-2-3-5-10(9)19-13/h2-5,8H,6-7H2,1H3,(H,14,18)/t8-/m1/s1. The van der Waals surface area contributed by atoms with Gasteiger partial charge >= 0.3 is 6.03 Å². The van der Waals surface area contributed by atoms with E-state index in [-0.39, 0.29) is 11.9 Å². The Hall–Kier alpha value is -2.02. The van der Waals surface area contributed by atoms with Gasteiger partial charge in [-0.05, 0) is 19.1 Å². The summed E-state index contributed by atoms with van der Waals surface area (Å²) in [6.45, 7) is 2.66. The lowest BCUT2D eigenvalue weighted by molar-refractivity contribution is -0.126. The molecule has 3 rings (SSSR count). The van der Waals surface area contributed by atoms with Crippen LogP contribution < -0.4 is 5.32 Å². The third-order valence-corrected chi connectivity index (χ3v) is 3.95. The van der Waals surface area contributed by atoms with Crippen molar-refractivity contribution in [3.63, 3.8) is 0 Å². The maximum Gasteiger partial charge on any atom is 0.324 e. The predicted octanol–water partition coefficient (Wildman–Crippen LogP) is 1.86. The van der Waals surface area contributed by atoms with E-state index in [2.05, 4.69) is 10.3 Å². The van der Waals surface area contributed by atoms with Gasteiger partial charge in [0.25, 0.3) is 5.22 Å². The quantitative estimate of drug-likeness (QED) is 0.874. The van der Waals surface area contributed by atoms with Crippen molar-refractivity contribution in [3.8, 4) is 0 Å². The summed E-state index contributed by atoms with van der Waals surface area (Å²) in [6, 6.07) is 7.09. The van der Waals surface area contributed by atoms with Crippen molar-refractivity contribution in [1.82, 2.24) is 15.2 Å². The number of carbonyl (C=O) groups is 2. The van der Waals surface area contributed by atoms with Gasteiger partial charge in [-0.15, -0.1) is 0 Å². The Labute approximate surface area is 119 Å². The zero-order chi connectivity index (χ0) is 14.1. The lowest BCUT2D eigenvalue weighted by Gasteiger charge is -2.15. The number of urea groups is 1. The normalized spacial score (nSPS) is 16.4. The molecule has 2 heterocycles. The molecule has 0 bridgehead atoms. The first-order valence-corrected chi connectivity index (χ1v) is 7.14. The summed E-state index contributed by atoms with van der Waals surface area (Å²) in [5.74, 6) is -0.229. The molecular weight excluding hydrogens is 278 g/mol. The Morgan fingerprint density at radius 2 is 2.30 bits per heavy atom. The van der Waals surface area contributed by atoms with E-state index >= 15 is 0 Å². The van der Waals surface area contributed by atoms with E-state index in [9.17, 15) is 9.59 Å². The second kappa shape index (κ2) is 5.16. The number of nitrogens with one attached hydrogen (secondary N) is 1. The fourth-order valence-electron chi connectivity index (χ4n) is 2.00. The van der Waals surface area contributed by atoms with Crippen molar-refractivity contribution in [2.45, 2.75) is 17.4 Å². The summed E-state index contributed by atoms with van der Waals surface area (Å²) in [5, 5.41) is 2.62. The minimum Gasteiger partial charge on any atom is -0.431 e. The lowest BCUT2D eigenvalue weighted by Crippen LogP contribution is -2.38. The van der Waals surface area contributed by atoms with Crippen LogP contribution in [0.1, 0.15) is 6.92 Å². The average molecular weight is 291 g/mol. The molecule has 0 spiro atoms. The molecule has 1 saturated heterocycles. The van der Waals surface area contributed by atoms with E-state index in [4.69, 9.17) is 4.42 Å². The second-order valence-electron chi connectivity index (χ2n) is 4.43. The van der Waals surface area contributed by atoms with Gasteiger partial charge in [0.05, 0.1) is 5.25 Å². The third kappa shape index (κ3) is 2.36. The number of nitrogens with zero attached hydrogens (tertiary/aromatic N) is 2. The minimum atomic E-state index is -0.424. The summed E-state index contributed by atoms with van der Waals surface area (Å²) >= 11 is 1.22. The Balaban J connectivity index is 1.73. The summed E-state index contributed by atoms with van der Waals surface area (Å²) in [7, 11) is 0. The largest absolute Gasteiger partial charge is 0.431 e. The van der Waals surface area contributed by atoms with Crippen LogP contribution in [0.2, 0.25) is 0 Å². The van der Waals surface area contributed by atoms with Crippen LogP contribution in [-0.4, -0.2) is 40.2 Å². The highest BCUT2D eigenvalue weighted by molar-refractivity contribution is 8.00. The van der Waals surface area contributed by atoms with E-state index in [0.717, 1.165) is 5.52 Å². The molecule has 0 aliphatic carbocycles. The number of carbonyl (C=O) groups excluding carboxylic acids is 2. The number of aromatic nitrogens is 1. The van der Waals surface area contributed by atoms with Gasteiger partial charge in [-0.1, -0.05) is 23.9 Å². The highest BCUT2D eigenvalue weighted by Crippen LogP contribution is 2.27. The highest BCUT2D eigenvalue weighted by Gasteiger charge is 2.30. The fraction of sp³-hybridized carbons (Fsp3) is 0.308. The van der Waals surface area contributed by atoms with E-state index < -0.39 is 5.25 Å². The molecule has 1 aliphatic heterocycles. The molecule has 20 heavy (non-hydrogen) atoms. The number of para-hydroxylation sites is 2. The monoisotopic (exact) mass is 291 g/mol. The first kappa shape index (κ1) is 13.0. The smallest absolute Gasteiger partial charge is 0.324 e. The minimum absolute atomic E-state index is 0.229. The van der Waals surface area contributed by atoms with Crippen LogP contribution in [0, 0.1) is 0 Å². The van der Waals surface area contributed by atoms with Crippen molar-refractivity contribution >= 4 is 34.8 Å². The summed E-state index contributed by atoms with van der Waals surface area (Å²) in [5.41, 5.74) is 1.45. The predicted molar refractivity (Wildman–Crippen MR) is 74.4 cm³/mol. The number of imide groups is 1. The Kier molecular flexibility index (Phi) is 3.35. The number of hydrogen-bond acceptors (Lipinski definition) is 5. The van der Waals surface area contributed by atoms with Gasteiger partial charge in [0, 0.05) is 13.1 Å². The van der Waals surface area contributed by atoms with E-state index in [1.807, 2.05) is 24.3 Å². The molecule has 1 aromatic carbocycles. The molecule has 104 valence electrons. The molecule has 2 aromatic rings. The molecule has 0 radical (unpaired) electrons. The van der Waals surface area contributed by atoms with E-state index in [1.165, 1.54) is 16.7 Å². The van der Waals surface area contributed by atoms with E-state index in [0.29, 0.717) is 23.9 Å². The van der Waals surface area contributed by atoms with Crippen LogP contribution in [0.4, 0.5) is 4.79 Å². The van der Waals surface area contributed by atoms with Gasteiger partial charge in [0.1, 0.15) is 5.52 Å². The van der Waals surface area contributed by atoms with Crippen molar-refractivity contribution in [2.24, 2.45) is 0 Å². The van der Waals surface area contributed by atoms with Crippen LogP contribution in [0.3, 0.4) is 0 Å². The molecule has 0 saturated carbocycles. The van der Waals surface area contributed by atoms with Gasteiger partial charge < -0.3 is 9.73 Å². The second-order valence-corrected chi connectivity index (χ2v) is 5.72. The molecule has 3 amide bonds. The molecule has 1 aliphatic rings.